The second kappa shape index (κ2) is 8.90. The fourth-order valence-corrected chi connectivity index (χ4v) is 7.64. The molecule has 2 fully saturated rings. The number of nitrogens with zero attached hydrogens (tertiary/aromatic N) is 1. The van der Waals surface area contributed by atoms with Gasteiger partial charge in [-0.1, -0.05) is 37.6 Å². The van der Waals surface area contributed by atoms with E-state index in [1.54, 1.807) is 7.11 Å². The van der Waals surface area contributed by atoms with Gasteiger partial charge in [0.2, 0.25) is 0 Å². The van der Waals surface area contributed by atoms with Crippen LogP contribution < -0.4 is 0 Å². The molecule has 5 rings (SSSR count). The molecule has 0 amide bonds. The molecule has 33 heavy (non-hydrogen) atoms. The van der Waals surface area contributed by atoms with Crippen LogP contribution in [0.25, 0.3) is 5.57 Å². The Labute approximate surface area is 197 Å². The van der Waals surface area contributed by atoms with Crippen molar-refractivity contribution in [3.05, 3.63) is 47.8 Å². The van der Waals surface area contributed by atoms with Gasteiger partial charge in [-0.3, -0.25) is 4.98 Å². The van der Waals surface area contributed by atoms with Crippen molar-refractivity contribution >= 4 is 11.7 Å². The summed E-state index contributed by atoms with van der Waals surface area (Å²) in [7, 11) is 1.59. The first-order valence-electron chi connectivity index (χ1n) is 12.6. The number of pyridine rings is 1. The van der Waals surface area contributed by atoms with E-state index in [2.05, 4.69) is 43.1 Å². The van der Waals surface area contributed by atoms with Gasteiger partial charge in [0.05, 0.1) is 6.61 Å². The summed E-state index contributed by atoms with van der Waals surface area (Å²) in [5.74, 6) is 2.14. The van der Waals surface area contributed by atoms with Crippen LogP contribution in [0.1, 0.15) is 64.4 Å². The smallest absolute Gasteiger partial charge is 0.432 e. The van der Waals surface area contributed by atoms with Gasteiger partial charge < -0.3 is 14.2 Å². The number of ether oxygens (including phenoxy) is 3. The summed E-state index contributed by atoms with van der Waals surface area (Å²) in [6.07, 6.45) is 16.0. The second-order valence-electron chi connectivity index (χ2n) is 10.9. The van der Waals surface area contributed by atoms with Crippen molar-refractivity contribution < 1.29 is 19.0 Å². The quantitative estimate of drug-likeness (QED) is 0.303. The molecule has 0 saturated heterocycles. The Morgan fingerprint density at radius 1 is 1.09 bits per heavy atom. The van der Waals surface area contributed by atoms with Crippen molar-refractivity contribution in [2.24, 2.45) is 28.6 Å². The first-order chi connectivity index (χ1) is 16.0. The molecule has 1 aromatic heterocycles. The number of fused-ring (bicyclic) bond motifs is 5. The highest BCUT2D eigenvalue weighted by Crippen LogP contribution is 2.66. The number of methoxy groups -OCH3 is 1. The van der Waals surface area contributed by atoms with Crippen molar-refractivity contribution in [3.63, 3.8) is 0 Å². The topological polar surface area (TPSA) is 57.7 Å². The molecule has 0 N–H and O–H groups in total. The monoisotopic (exact) mass is 451 g/mol. The highest BCUT2D eigenvalue weighted by atomic mass is 16.7. The zero-order chi connectivity index (χ0) is 23.1. The van der Waals surface area contributed by atoms with Crippen LogP contribution in [0.4, 0.5) is 4.79 Å². The number of aromatic nitrogens is 1. The van der Waals surface area contributed by atoms with E-state index < -0.39 is 6.16 Å². The lowest BCUT2D eigenvalue weighted by Gasteiger charge is -2.57. The van der Waals surface area contributed by atoms with Gasteiger partial charge >= 0.3 is 6.16 Å². The number of carbonyl (C=O) groups is 1. The second-order valence-corrected chi connectivity index (χ2v) is 10.9. The minimum atomic E-state index is -0.566. The number of hydrogen-bond acceptors (Lipinski definition) is 5. The molecule has 0 aliphatic heterocycles. The number of rotatable bonds is 5. The summed E-state index contributed by atoms with van der Waals surface area (Å²) in [6.45, 7) is 5.61. The first-order valence-corrected chi connectivity index (χ1v) is 12.6. The summed E-state index contributed by atoms with van der Waals surface area (Å²) in [6, 6.07) is 4.28. The maximum atomic E-state index is 12.0. The third-order valence-electron chi connectivity index (χ3n) is 9.38. The van der Waals surface area contributed by atoms with Crippen LogP contribution in [0.5, 0.6) is 0 Å². The van der Waals surface area contributed by atoms with Gasteiger partial charge in [0.25, 0.3) is 0 Å². The van der Waals surface area contributed by atoms with Gasteiger partial charge in [0.1, 0.15) is 12.7 Å². The molecule has 6 atom stereocenters. The van der Waals surface area contributed by atoms with E-state index in [0.717, 1.165) is 31.6 Å². The Bertz CT molecular complexity index is 940. The molecule has 4 aliphatic rings. The maximum Gasteiger partial charge on any atom is 0.508 e. The molecule has 5 heteroatoms. The fourth-order valence-electron chi connectivity index (χ4n) is 7.64. The minimum Gasteiger partial charge on any atom is -0.432 e. The van der Waals surface area contributed by atoms with E-state index in [9.17, 15) is 4.79 Å². The average molecular weight is 452 g/mol. The van der Waals surface area contributed by atoms with Crippen LogP contribution in [0.3, 0.4) is 0 Å². The van der Waals surface area contributed by atoms with E-state index >= 15 is 0 Å². The SMILES string of the molecule is COCCOC(=O)O[C@H]1CC[C@@]2(C)C(=CC[C@@H]3[C@@H]2CC[C@]2(C)C(c4cccnc4)=CC[C@@H]32)C1. The molecule has 0 bridgehead atoms. The fraction of sp³-hybridized carbons (Fsp3) is 0.643. The molecule has 2 saturated carbocycles. The average Bonchev–Trinajstić information content (AvgIpc) is 3.17. The summed E-state index contributed by atoms with van der Waals surface area (Å²) in [5.41, 5.74) is 4.79. The van der Waals surface area contributed by atoms with Crippen LogP contribution in [-0.2, 0) is 14.2 Å². The van der Waals surface area contributed by atoms with Crippen molar-refractivity contribution in [2.75, 3.05) is 20.3 Å². The van der Waals surface area contributed by atoms with Crippen LogP contribution >= 0.6 is 0 Å². The van der Waals surface area contributed by atoms with Crippen molar-refractivity contribution in [1.82, 2.24) is 4.98 Å². The van der Waals surface area contributed by atoms with Crippen LogP contribution in [-0.4, -0.2) is 37.6 Å². The first kappa shape index (κ1) is 22.6. The molecular formula is C28H37NO4. The Hall–Kier alpha value is -2.14. The minimum absolute atomic E-state index is 0.0740. The maximum absolute atomic E-state index is 12.0. The Morgan fingerprint density at radius 2 is 1.94 bits per heavy atom. The lowest BCUT2D eigenvalue weighted by atomic mass is 9.47. The molecule has 178 valence electrons. The third kappa shape index (κ3) is 3.92. The van der Waals surface area contributed by atoms with Crippen LogP contribution in [0.15, 0.2) is 42.3 Å². The molecule has 0 radical (unpaired) electrons. The molecule has 5 nitrogen and oxygen atoms in total. The van der Waals surface area contributed by atoms with Gasteiger partial charge in [0.15, 0.2) is 0 Å². The van der Waals surface area contributed by atoms with E-state index in [1.165, 1.54) is 36.0 Å². The molecular weight excluding hydrogens is 414 g/mol. The highest BCUT2D eigenvalue weighted by molar-refractivity contribution is 5.72. The lowest BCUT2D eigenvalue weighted by Crippen LogP contribution is -2.50. The molecule has 4 aliphatic carbocycles. The number of carbonyl (C=O) groups excluding carboxylic acids is 1. The Morgan fingerprint density at radius 3 is 2.73 bits per heavy atom. The molecule has 0 aromatic carbocycles. The molecule has 0 spiro atoms. The lowest BCUT2D eigenvalue weighted by molar-refractivity contribution is -0.0379. The van der Waals surface area contributed by atoms with E-state index in [4.69, 9.17) is 14.2 Å². The summed E-state index contributed by atoms with van der Waals surface area (Å²) in [5, 5.41) is 0. The number of allylic oxidation sites excluding steroid dienone is 3. The van der Waals surface area contributed by atoms with Gasteiger partial charge in [-0.05, 0) is 84.3 Å². The normalized spacial score (nSPS) is 37.2. The van der Waals surface area contributed by atoms with Crippen molar-refractivity contribution in [3.8, 4) is 0 Å². The van der Waals surface area contributed by atoms with E-state index in [1.807, 2.05) is 12.4 Å². The van der Waals surface area contributed by atoms with E-state index in [0.29, 0.717) is 18.4 Å². The third-order valence-corrected chi connectivity index (χ3v) is 9.38. The van der Waals surface area contributed by atoms with Crippen molar-refractivity contribution in [1.29, 1.82) is 0 Å². The zero-order valence-corrected chi connectivity index (χ0v) is 20.2. The molecule has 1 aromatic rings. The van der Waals surface area contributed by atoms with Gasteiger partial charge in [-0.25, -0.2) is 4.79 Å². The predicted octanol–water partition coefficient (Wildman–Crippen LogP) is 6.21. The van der Waals surface area contributed by atoms with Crippen LogP contribution in [0.2, 0.25) is 0 Å². The zero-order valence-electron chi connectivity index (χ0n) is 20.2. The Kier molecular flexibility index (Phi) is 6.11. The number of hydrogen-bond donors (Lipinski definition) is 0. The van der Waals surface area contributed by atoms with Crippen LogP contribution in [0, 0.1) is 28.6 Å². The Balaban J connectivity index is 1.29. The van der Waals surface area contributed by atoms with Gasteiger partial charge in [0, 0.05) is 25.9 Å². The van der Waals surface area contributed by atoms with Crippen molar-refractivity contribution in [2.45, 2.75) is 64.9 Å². The van der Waals surface area contributed by atoms with E-state index in [-0.39, 0.29) is 23.5 Å². The molecule has 1 heterocycles. The summed E-state index contributed by atoms with van der Waals surface area (Å²) in [4.78, 5) is 16.4. The van der Waals surface area contributed by atoms with Gasteiger partial charge in [-0.2, -0.15) is 0 Å². The summed E-state index contributed by atoms with van der Waals surface area (Å²) >= 11 is 0. The predicted molar refractivity (Wildman–Crippen MR) is 127 cm³/mol. The largest absolute Gasteiger partial charge is 0.508 e. The summed E-state index contributed by atoms with van der Waals surface area (Å²) < 4.78 is 15.7. The molecule has 0 unspecified atom stereocenters. The highest BCUT2D eigenvalue weighted by Gasteiger charge is 2.57. The standard InChI is InChI=1S/C28H37NO4/c1-27-12-10-21(33-26(30)32-16-15-31-3)17-20(27)6-7-22-24-9-8-23(19-5-4-14-29-18-19)28(24,2)13-11-25(22)27/h4-6,8,14,18,21-22,24-25H,7,9-13,15-17H2,1-3H3/t21-,22-,24-,25-,27-,28+/m0/s1. The van der Waals surface area contributed by atoms with Gasteiger partial charge in [-0.15, -0.1) is 0 Å².